The minimum atomic E-state index is -0.0219. The zero-order valence-corrected chi connectivity index (χ0v) is 12.9. The van der Waals surface area contributed by atoms with Gasteiger partial charge in [0.15, 0.2) is 0 Å². The largest absolute Gasteiger partial charge is 0.324 e. The van der Waals surface area contributed by atoms with Crippen LogP contribution in [0, 0.1) is 0 Å². The summed E-state index contributed by atoms with van der Waals surface area (Å²) < 4.78 is 0. The summed E-state index contributed by atoms with van der Waals surface area (Å²) in [7, 11) is 0. The predicted molar refractivity (Wildman–Crippen MR) is 89.6 cm³/mol. The standard InChI is InChI=1S/C17H15ClN2S/c18-14-8-6-13(7-9-14)17-20-15(11-21-17)10-16(19)12-4-2-1-3-5-12/h1-9,11,16H,10,19H2. The van der Waals surface area contributed by atoms with Crippen LogP contribution in [0.2, 0.25) is 5.02 Å². The van der Waals surface area contributed by atoms with Crippen LogP contribution in [0.4, 0.5) is 0 Å². The Hall–Kier alpha value is -1.68. The molecule has 0 fully saturated rings. The molecule has 1 atom stereocenters. The van der Waals surface area contributed by atoms with Crippen LogP contribution in [0.5, 0.6) is 0 Å². The van der Waals surface area contributed by atoms with Crippen LogP contribution in [-0.4, -0.2) is 4.98 Å². The number of benzene rings is 2. The number of aromatic nitrogens is 1. The van der Waals surface area contributed by atoms with E-state index in [-0.39, 0.29) is 6.04 Å². The Labute approximate surface area is 133 Å². The molecule has 2 aromatic carbocycles. The van der Waals surface area contributed by atoms with Gasteiger partial charge in [-0.3, -0.25) is 0 Å². The van der Waals surface area contributed by atoms with E-state index in [4.69, 9.17) is 17.3 Å². The van der Waals surface area contributed by atoms with E-state index in [0.29, 0.717) is 0 Å². The maximum atomic E-state index is 6.24. The second-order valence-corrected chi connectivity index (χ2v) is 6.17. The highest BCUT2D eigenvalue weighted by Crippen LogP contribution is 2.26. The van der Waals surface area contributed by atoms with Crippen LogP contribution in [0.25, 0.3) is 10.6 Å². The second-order valence-electron chi connectivity index (χ2n) is 4.87. The highest BCUT2D eigenvalue weighted by atomic mass is 35.5. The number of nitrogens with zero attached hydrogens (tertiary/aromatic N) is 1. The van der Waals surface area contributed by atoms with Crippen LogP contribution in [-0.2, 0) is 6.42 Å². The number of halogens is 1. The summed E-state index contributed by atoms with van der Waals surface area (Å²) >= 11 is 7.54. The van der Waals surface area contributed by atoms with E-state index in [2.05, 4.69) is 22.5 Å². The lowest BCUT2D eigenvalue weighted by Gasteiger charge is -2.09. The Bertz CT molecular complexity index is 707. The summed E-state index contributed by atoms with van der Waals surface area (Å²) in [5.41, 5.74) is 9.50. The van der Waals surface area contributed by atoms with Crippen molar-refractivity contribution in [2.75, 3.05) is 0 Å². The molecular weight excluding hydrogens is 300 g/mol. The fraction of sp³-hybridized carbons (Fsp3) is 0.118. The van der Waals surface area contributed by atoms with Crippen molar-refractivity contribution in [2.45, 2.75) is 12.5 Å². The lowest BCUT2D eigenvalue weighted by Crippen LogP contribution is -2.13. The maximum Gasteiger partial charge on any atom is 0.123 e. The van der Waals surface area contributed by atoms with Crippen LogP contribution < -0.4 is 5.73 Å². The molecule has 1 heterocycles. The first-order valence-electron chi connectivity index (χ1n) is 6.73. The zero-order chi connectivity index (χ0) is 14.7. The first kappa shape index (κ1) is 14.3. The van der Waals surface area contributed by atoms with E-state index in [9.17, 15) is 0 Å². The molecule has 1 aromatic heterocycles. The fourth-order valence-corrected chi connectivity index (χ4v) is 3.13. The van der Waals surface area contributed by atoms with Crippen molar-refractivity contribution in [1.29, 1.82) is 0 Å². The van der Waals surface area contributed by atoms with Gasteiger partial charge in [-0.2, -0.15) is 0 Å². The molecule has 3 aromatic rings. The van der Waals surface area contributed by atoms with E-state index in [1.165, 1.54) is 0 Å². The van der Waals surface area contributed by atoms with Crippen molar-refractivity contribution < 1.29 is 0 Å². The third-order valence-corrected chi connectivity index (χ3v) is 4.49. The number of rotatable bonds is 4. The van der Waals surface area contributed by atoms with Gasteiger partial charge in [0.2, 0.25) is 0 Å². The molecule has 0 aliphatic carbocycles. The van der Waals surface area contributed by atoms with Gasteiger partial charge in [-0.1, -0.05) is 54.1 Å². The minimum absolute atomic E-state index is 0.0219. The van der Waals surface area contributed by atoms with Crippen molar-refractivity contribution in [2.24, 2.45) is 5.73 Å². The van der Waals surface area contributed by atoms with Crippen LogP contribution in [0.1, 0.15) is 17.3 Å². The summed E-state index contributed by atoms with van der Waals surface area (Å²) in [6.45, 7) is 0. The Morgan fingerprint density at radius 1 is 1.05 bits per heavy atom. The van der Waals surface area contributed by atoms with Crippen molar-refractivity contribution in [3.63, 3.8) is 0 Å². The van der Waals surface area contributed by atoms with Gasteiger partial charge in [-0.15, -0.1) is 11.3 Å². The molecule has 0 bridgehead atoms. The third-order valence-electron chi connectivity index (χ3n) is 3.30. The monoisotopic (exact) mass is 314 g/mol. The van der Waals surface area contributed by atoms with Gasteiger partial charge in [0.05, 0.1) is 5.69 Å². The van der Waals surface area contributed by atoms with Gasteiger partial charge in [-0.05, 0) is 17.7 Å². The molecule has 0 aliphatic rings. The van der Waals surface area contributed by atoms with Crippen LogP contribution in [0.15, 0.2) is 60.0 Å². The van der Waals surface area contributed by atoms with Crippen molar-refractivity contribution in [1.82, 2.24) is 4.98 Å². The average Bonchev–Trinajstić information content (AvgIpc) is 2.97. The smallest absolute Gasteiger partial charge is 0.123 e. The molecule has 0 spiro atoms. The Morgan fingerprint density at radius 3 is 2.48 bits per heavy atom. The van der Waals surface area contributed by atoms with E-state index in [1.54, 1.807) is 11.3 Å². The van der Waals surface area contributed by atoms with E-state index in [1.807, 2.05) is 42.5 Å². The van der Waals surface area contributed by atoms with Gasteiger partial charge >= 0.3 is 0 Å². The molecule has 0 aliphatic heterocycles. The number of thiazole rings is 1. The molecule has 0 saturated heterocycles. The highest BCUT2D eigenvalue weighted by Gasteiger charge is 2.10. The van der Waals surface area contributed by atoms with Crippen LogP contribution >= 0.6 is 22.9 Å². The molecule has 2 N–H and O–H groups in total. The molecular formula is C17H15ClN2S. The first-order valence-corrected chi connectivity index (χ1v) is 7.99. The summed E-state index contributed by atoms with van der Waals surface area (Å²) in [4.78, 5) is 4.67. The van der Waals surface area contributed by atoms with E-state index < -0.39 is 0 Å². The Kier molecular flexibility index (Phi) is 4.34. The normalized spacial score (nSPS) is 12.3. The average molecular weight is 315 g/mol. The highest BCUT2D eigenvalue weighted by molar-refractivity contribution is 7.13. The van der Waals surface area contributed by atoms with Gasteiger partial charge in [-0.25, -0.2) is 4.98 Å². The summed E-state index contributed by atoms with van der Waals surface area (Å²) in [6, 6.07) is 17.8. The lowest BCUT2D eigenvalue weighted by atomic mass is 10.0. The number of nitrogens with two attached hydrogens (primary N) is 1. The SMILES string of the molecule is NC(Cc1csc(-c2ccc(Cl)cc2)n1)c1ccccc1. The molecule has 21 heavy (non-hydrogen) atoms. The quantitative estimate of drug-likeness (QED) is 0.757. The molecule has 0 radical (unpaired) electrons. The summed E-state index contributed by atoms with van der Waals surface area (Å²) in [5.74, 6) is 0. The Morgan fingerprint density at radius 2 is 1.76 bits per heavy atom. The number of hydrogen-bond acceptors (Lipinski definition) is 3. The first-order chi connectivity index (χ1) is 10.2. The van der Waals surface area contributed by atoms with E-state index >= 15 is 0 Å². The maximum absolute atomic E-state index is 6.24. The van der Waals surface area contributed by atoms with Gasteiger partial charge in [0, 0.05) is 28.4 Å². The second kappa shape index (κ2) is 6.39. The molecule has 1 unspecified atom stereocenters. The lowest BCUT2D eigenvalue weighted by molar-refractivity contribution is 0.710. The molecule has 0 saturated carbocycles. The van der Waals surface area contributed by atoms with Crippen molar-refractivity contribution in [3.8, 4) is 10.6 Å². The molecule has 0 amide bonds. The number of hydrogen-bond donors (Lipinski definition) is 1. The minimum Gasteiger partial charge on any atom is -0.324 e. The molecule has 106 valence electrons. The third kappa shape index (κ3) is 3.50. The zero-order valence-electron chi connectivity index (χ0n) is 11.4. The molecule has 2 nitrogen and oxygen atoms in total. The van der Waals surface area contributed by atoms with Gasteiger partial charge in [0.1, 0.15) is 5.01 Å². The summed E-state index contributed by atoms with van der Waals surface area (Å²) in [6.07, 6.45) is 0.744. The Balaban J connectivity index is 1.75. The topological polar surface area (TPSA) is 38.9 Å². The van der Waals surface area contributed by atoms with Crippen LogP contribution in [0.3, 0.4) is 0 Å². The molecule has 3 rings (SSSR count). The predicted octanol–water partition coefficient (Wildman–Crippen LogP) is 4.71. The molecule has 4 heteroatoms. The van der Waals surface area contributed by atoms with Gasteiger partial charge in [0.25, 0.3) is 0 Å². The van der Waals surface area contributed by atoms with Crippen molar-refractivity contribution >= 4 is 22.9 Å². The summed E-state index contributed by atoms with van der Waals surface area (Å²) in [5, 5.41) is 3.82. The fourth-order valence-electron chi connectivity index (χ4n) is 2.17. The van der Waals surface area contributed by atoms with Gasteiger partial charge < -0.3 is 5.73 Å². The van der Waals surface area contributed by atoms with Crippen molar-refractivity contribution in [3.05, 3.63) is 76.3 Å². The van der Waals surface area contributed by atoms with E-state index in [0.717, 1.165) is 33.3 Å².